The van der Waals surface area contributed by atoms with Crippen LogP contribution < -0.4 is 10.1 Å². The molecule has 1 aromatic rings. The summed E-state index contributed by atoms with van der Waals surface area (Å²) in [7, 11) is 1.94. The highest BCUT2D eigenvalue weighted by atomic mass is 35.5. The molecule has 1 aromatic heterocycles. The summed E-state index contributed by atoms with van der Waals surface area (Å²) in [6.45, 7) is 3.96. The number of likely N-dealkylation sites (tertiary alicyclic amines) is 1. The van der Waals surface area contributed by atoms with Crippen LogP contribution in [0.5, 0.6) is 5.75 Å². The number of aromatic nitrogens is 1. The van der Waals surface area contributed by atoms with Crippen molar-refractivity contribution >= 4 is 30.7 Å². The van der Waals surface area contributed by atoms with Crippen molar-refractivity contribution in [1.29, 1.82) is 0 Å². The van der Waals surface area contributed by atoms with Crippen LogP contribution in [-0.4, -0.2) is 48.6 Å². The maximum atomic E-state index is 12.5. The molecule has 0 aromatic carbocycles. The lowest BCUT2D eigenvalue weighted by Crippen LogP contribution is -2.47. The van der Waals surface area contributed by atoms with E-state index in [4.69, 9.17) is 4.74 Å². The topological polar surface area (TPSA) is 54.5 Å². The molecule has 1 aliphatic heterocycles. The SMILES string of the molecule is CCOc1cccnc1C(=O)N1CCCC(NC)C1.Cl.Cl. The van der Waals surface area contributed by atoms with Crippen LogP contribution in [0.3, 0.4) is 0 Å². The fourth-order valence-electron chi connectivity index (χ4n) is 2.37. The smallest absolute Gasteiger partial charge is 0.276 e. The number of nitrogens with zero attached hydrogens (tertiary/aromatic N) is 2. The van der Waals surface area contributed by atoms with Crippen LogP contribution in [0.1, 0.15) is 30.3 Å². The van der Waals surface area contributed by atoms with E-state index in [0.717, 1.165) is 25.9 Å². The Labute approximate surface area is 138 Å². The second kappa shape index (κ2) is 9.82. The van der Waals surface area contributed by atoms with E-state index in [1.54, 1.807) is 18.3 Å². The minimum absolute atomic E-state index is 0. The highest BCUT2D eigenvalue weighted by Crippen LogP contribution is 2.19. The van der Waals surface area contributed by atoms with Crippen molar-refractivity contribution in [3.8, 4) is 5.75 Å². The molecule has 120 valence electrons. The molecule has 1 saturated heterocycles. The van der Waals surface area contributed by atoms with E-state index in [9.17, 15) is 4.79 Å². The van der Waals surface area contributed by atoms with Crippen LogP contribution in [0.4, 0.5) is 0 Å². The van der Waals surface area contributed by atoms with Gasteiger partial charge in [-0.25, -0.2) is 4.98 Å². The highest BCUT2D eigenvalue weighted by molar-refractivity contribution is 5.95. The van der Waals surface area contributed by atoms with Gasteiger partial charge in [0.15, 0.2) is 11.4 Å². The van der Waals surface area contributed by atoms with Gasteiger partial charge in [0.2, 0.25) is 0 Å². The molecule has 0 bridgehead atoms. The minimum Gasteiger partial charge on any atom is -0.491 e. The molecule has 1 aliphatic rings. The number of piperidine rings is 1. The molecule has 2 rings (SSSR count). The molecule has 5 nitrogen and oxygen atoms in total. The van der Waals surface area contributed by atoms with Crippen molar-refractivity contribution in [2.75, 3.05) is 26.7 Å². The Balaban J connectivity index is 0.00000200. The molecule has 1 amide bonds. The molecule has 0 spiro atoms. The van der Waals surface area contributed by atoms with Gasteiger partial charge in [-0.1, -0.05) is 0 Å². The predicted molar refractivity (Wildman–Crippen MR) is 87.9 cm³/mol. The molecule has 1 atom stereocenters. The van der Waals surface area contributed by atoms with Gasteiger partial charge in [-0.2, -0.15) is 0 Å². The van der Waals surface area contributed by atoms with Crippen LogP contribution >= 0.6 is 24.8 Å². The predicted octanol–water partition coefficient (Wildman–Crippen LogP) is 2.15. The largest absolute Gasteiger partial charge is 0.491 e. The van der Waals surface area contributed by atoms with Gasteiger partial charge in [-0.3, -0.25) is 4.79 Å². The third-order valence-corrected chi connectivity index (χ3v) is 3.39. The molecule has 7 heteroatoms. The molecule has 0 aliphatic carbocycles. The summed E-state index contributed by atoms with van der Waals surface area (Å²) in [5.41, 5.74) is 0.418. The average Bonchev–Trinajstić information content (AvgIpc) is 2.47. The average molecular weight is 336 g/mol. The maximum Gasteiger partial charge on any atom is 0.276 e. The Morgan fingerprint density at radius 2 is 2.29 bits per heavy atom. The molecule has 2 heterocycles. The van der Waals surface area contributed by atoms with Crippen molar-refractivity contribution in [3.63, 3.8) is 0 Å². The first kappa shape index (κ1) is 20.0. The lowest BCUT2D eigenvalue weighted by atomic mass is 10.1. The van der Waals surface area contributed by atoms with Gasteiger partial charge >= 0.3 is 0 Å². The molecule has 0 saturated carbocycles. The quantitative estimate of drug-likeness (QED) is 0.915. The van der Waals surface area contributed by atoms with Crippen LogP contribution in [0.25, 0.3) is 0 Å². The summed E-state index contributed by atoms with van der Waals surface area (Å²) in [4.78, 5) is 18.6. The number of pyridine rings is 1. The number of likely N-dealkylation sites (N-methyl/N-ethyl adjacent to an activating group) is 1. The first-order valence-electron chi connectivity index (χ1n) is 6.80. The van der Waals surface area contributed by atoms with E-state index in [0.29, 0.717) is 24.1 Å². The van der Waals surface area contributed by atoms with Gasteiger partial charge in [0.05, 0.1) is 6.61 Å². The molecule has 0 radical (unpaired) electrons. The Morgan fingerprint density at radius 3 is 2.95 bits per heavy atom. The summed E-state index contributed by atoms with van der Waals surface area (Å²) < 4.78 is 5.48. The molecule has 1 unspecified atom stereocenters. The first-order chi connectivity index (χ1) is 9.26. The number of carbonyl (C=O) groups is 1. The Kier molecular flexibility index (Phi) is 9.33. The number of hydrogen-bond donors (Lipinski definition) is 1. The number of amides is 1. The van der Waals surface area contributed by atoms with E-state index in [-0.39, 0.29) is 30.7 Å². The van der Waals surface area contributed by atoms with Gasteiger partial charge in [0.25, 0.3) is 5.91 Å². The molecule has 21 heavy (non-hydrogen) atoms. The van der Waals surface area contributed by atoms with Crippen molar-refractivity contribution < 1.29 is 9.53 Å². The zero-order valence-electron chi connectivity index (χ0n) is 12.4. The number of carbonyl (C=O) groups excluding carboxylic acids is 1. The summed E-state index contributed by atoms with van der Waals surface area (Å²) in [5.74, 6) is 0.533. The highest BCUT2D eigenvalue weighted by Gasteiger charge is 2.26. The van der Waals surface area contributed by atoms with Crippen LogP contribution in [0.15, 0.2) is 18.3 Å². The fourth-order valence-corrected chi connectivity index (χ4v) is 2.37. The molecular weight excluding hydrogens is 313 g/mol. The van der Waals surface area contributed by atoms with E-state index in [2.05, 4.69) is 10.3 Å². The van der Waals surface area contributed by atoms with Crippen LogP contribution in [-0.2, 0) is 0 Å². The van der Waals surface area contributed by atoms with E-state index < -0.39 is 0 Å². The fraction of sp³-hybridized carbons (Fsp3) is 0.571. The third-order valence-electron chi connectivity index (χ3n) is 3.39. The third kappa shape index (κ3) is 5.02. The maximum absolute atomic E-state index is 12.5. The number of nitrogens with one attached hydrogen (secondary N) is 1. The summed E-state index contributed by atoms with van der Waals surface area (Å²) >= 11 is 0. The second-order valence-electron chi connectivity index (χ2n) is 4.66. The second-order valence-corrected chi connectivity index (χ2v) is 4.66. The summed E-state index contributed by atoms with van der Waals surface area (Å²) in [5, 5.41) is 3.23. The number of ether oxygens (including phenoxy) is 1. The van der Waals surface area contributed by atoms with Crippen molar-refractivity contribution in [3.05, 3.63) is 24.0 Å². The van der Waals surface area contributed by atoms with E-state index in [1.807, 2.05) is 18.9 Å². The first-order valence-corrected chi connectivity index (χ1v) is 6.80. The Hall–Kier alpha value is -1.04. The minimum atomic E-state index is -0.0380. The van der Waals surface area contributed by atoms with E-state index in [1.165, 1.54) is 0 Å². The monoisotopic (exact) mass is 335 g/mol. The number of rotatable bonds is 4. The lowest BCUT2D eigenvalue weighted by molar-refractivity contribution is 0.0687. The van der Waals surface area contributed by atoms with Gasteiger partial charge in [-0.15, -0.1) is 24.8 Å². The van der Waals surface area contributed by atoms with Crippen LogP contribution in [0, 0.1) is 0 Å². The summed E-state index contributed by atoms with van der Waals surface area (Å²) in [6, 6.07) is 3.95. The van der Waals surface area contributed by atoms with Crippen molar-refractivity contribution in [1.82, 2.24) is 15.2 Å². The Bertz CT molecular complexity index is 446. The van der Waals surface area contributed by atoms with Gasteiger partial charge in [-0.05, 0) is 38.9 Å². The van der Waals surface area contributed by atoms with Gasteiger partial charge < -0.3 is 15.0 Å². The number of hydrogen-bond acceptors (Lipinski definition) is 4. The molecular formula is C14H23Cl2N3O2. The van der Waals surface area contributed by atoms with Gasteiger partial charge in [0, 0.05) is 25.3 Å². The van der Waals surface area contributed by atoms with Gasteiger partial charge in [0.1, 0.15) is 0 Å². The Morgan fingerprint density at radius 1 is 1.52 bits per heavy atom. The van der Waals surface area contributed by atoms with Crippen molar-refractivity contribution in [2.24, 2.45) is 0 Å². The molecule has 1 N–H and O–H groups in total. The lowest BCUT2D eigenvalue weighted by Gasteiger charge is -2.32. The zero-order chi connectivity index (χ0) is 13.7. The van der Waals surface area contributed by atoms with E-state index >= 15 is 0 Å². The zero-order valence-corrected chi connectivity index (χ0v) is 14.0. The summed E-state index contributed by atoms with van der Waals surface area (Å²) in [6.07, 6.45) is 3.77. The standard InChI is InChI=1S/C14H21N3O2.2ClH/c1-3-19-12-7-4-8-16-13(12)14(18)17-9-5-6-11(10-17)15-2;;/h4,7-8,11,15H,3,5-6,9-10H2,1-2H3;2*1H. The number of halogens is 2. The van der Waals surface area contributed by atoms with Crippen molar-refractivity contribution in [2.45, 2.75) is 25.8 Å². The van der Waals surface area contributed by atoms with Crippen LogP contribution in [0.2, 0.25) is 0 Å². The molecule has 1 fully saturated rings. The normalized spacial score (nSPS) is 17.4.